The lowest BCUT2D eigenvalue weighted by atomic mass is 10.0. The molecule has 1 aliphatic heterocycles. The average molecular weight is 324 g/mol. The van der Waals surface area contributed by atoms with E-state index in [1.54, 1.807) is 0 Å². The van der Waals surface area contributed by atoms with Crippen molar-refractivity contribution >= 4 is 7.82 Å². The summed E-state index contributed by atoms with van der Waals surface area (Å²) in [5, 5.41) is 19.6. The van der Waals surface area contributed by atoms with Crippen LogP contribution in [0.1, 0.15) is 11.7 Å². The van der Waals surface area contributed by atoms with Crippen LogP contribution in [0.5, 0.6) is 0 Å². The first-order chi connectivity index (χ1) is 9.69. The number of H-pyrrole nitrogens is 2. The molecule has 0 amide bonds. The van der Waals surface area contributed by atoms with Gasteiger partial charge in [-0.1, -0.05) is 0 Å². The minimum absolute atomic E-state index is 0.139. The van der Waals surface area contributed by atoms with Crippen LogP contribution in [0.4, 0.5) is 0 Å². The van der Waals surface area contributed by atoms with Crippen molar-refractivity contribution in [2.45, 2.75) is 24.4 Å². The van der Waals surface area contributed by atoms with Crippen molar-refractivity contribution < 1.29 is 33.8 Å². The number of hydrogen-bond donors (Lipinski definition) is 6. The third kappa shape index (κ3) is 3.66. The first-order valence-electron chi connectivity index (χ1n) is 5.72. The van der Waals surface area contributed by atoms with Crippen LogP contribution in [0.25, 0.3) is 0 Å². The molecule has 21 heavy (non-hydrogen) atoms. The predicted molar refractivity (Wildman–Crippen MR) is 65.3 cm³/mol. The van der Waals surface area contributed by atoms with E-state index in [-0.39, 0.29) is 5.56 Å². The molecular weight excluding hydrogens is 311 g/mol. The molecule has 1 aromatic heterocycles. The summed E-state index contributed by atoms with van der Waals surface area (Å²) in [6.45, 7) is -0.680. The van der Waals surface area contributed by atoms with Crippen LogP contribution in [0.15, 0.2) is 15.8 Å². The summed E-state index contributed by atoms with van der Waals surface area (Å²) < 4.78 is 20.0. The Hall–Kier alpha value is -1.33. The lowest BCUT2D eigenvalue weighted by Crippen LogP contribution is -2.34. The van der Waals surface area contributed by atoms with Gasteiger partial charge in [0.15, 0.2) is 0 Å². The topological polar surface area (TPSA) is 182 Å². The number of ether oxygens (including phenoxy) is 1. The first-order valence-corrected chi connectivity index (χ1v) is 7.25. The SMILES string of the molecule is O=c1[nH]cc([C@@H]2O[C@H](COP(=O)(O)O)[C@H](O)C2O)c(=O)[nH]1. The van der Waals surface area contributed by atoms with Crippen LogP contribution in [0.3, 0.4) is 0 Å². The van der Waals surface area contributed by atoms with Gasteiger partial charge in [0.25, 0.3) is 5.56 Å². The minimum Gasteiger partial charge on any atom is -0.387 e. The second-order valence-electron chi connectivity index (χ2n) is 4.39. The predicted octanol–water partition coefficient (Wildman–Crippen LogP) is -2.67. The fraction of sp³-hybridized carbons (Fsp3) is 0.556. The van der Waals surface area contributed by atoms with Gasteiger partial charge in [-0.25, -0.2) is 9.36 Å². The quantitative estimate of drug-likeness (QED) is 0.322. The molecule has 12 heteroatoms. The Bertz CT molecular complexity index is 664. The second kappa shape index (κ2) is 5.81. The molecular formula is C9H13N2O9P. The highest BCUT2D eigenvalue weighted by atomic mass is 31.2. The molecule has 6 N–H and O–H groups in total. The van der Waals surface area contributed by atoms with Crippen LogP contribution in [-0.4, -0.2) is 54.9 Å². The smallest absolute Gasteiger partial charge is 0.387 e. The Morgan fingerprint density at radius 2 is 1.95 bits per heavy atom. The summed E-state index contributed by atoms with van der Waals surface area (Å²) in [5.74, 6) is 0. The maximum Gasteiger partial charge on any atom is 0.469 e. The molecule has 0 aliphatic carbocycles. The zero-order chi connectivity index (χ0) is 15.8. The molecule has 1 fully saturated rings. The monoisotopic (exact) mass is 324 g/mol. The van der Waals surface area contributed by atoms with Gasteiger partial charge in [-0.05, 0) is 0 Å². The van der Waals surface area contributed by atoms with E-state index in [2.05, 4.69) is 9.51 Å². The number of phosphoric acid groups is 1. The molecule has 1 unspecified atom stereocenters. The third-order valence-electron chi connectivity index (χ3n) is 2.92. The average Bonchev–Trinajstić information content (AvgIpc) is 2.64. The number of aliphatic hydroxyl groups is 2. The molecule has 0 spiro atoms. The van der Waals surface area contributed by atoms with Crippen molar-refractivity contribution in [1.29, 1.82) is 0 Å². The number of aliphatic hydroxyl groups excluding tert-OH is 2. The summed E-state index contributed by atoms with van der Waals surface area (Å²) >= 11 is 0. The minimum atomic E-state index is -4.76. The summed E-state index contributed by atoms with van der Waals surface area (Å²) in [6, 6.07) is 0. The van der Waals surface area contributed by atoms with Crippen LogP contribution in [0, 0.1) is 0 Å². The van der Waals surface area contributed by atoms with Crippen molar-refractivity contribution in [1.82, 2.24) is 9.97 Å². The molecule has 118 valence electrons. The highest BCUT2D eigenvalue weighted by molar-refractivity contribution is 7.46. The Morgan fingerprint density at radius 1 is 1.29 bits per heavy atom. The van der Waals surface area contributed by atoms with Crippen molar-refractivity contribution in [3.63, 3.8) is 0 Å². The van der Waals surface area contributed by atoms with E-state index in [4.69, 9.17) is 14.5 Å². The van der Waals surface area contributed by atoms with E-state index in [1.165, 1.54) is 0 Å². The third-order valence-corrected chi connectivity index (χ3v) is 3.41. The maximum absolute atomic E-state index is 11.6. The maximum atomic E-state index is 11.6. The van der Waals surface area contributed by atoms with Crippen molar-refractivity contribution in [3.05, 3.63) is 32.6 Å². The molecule has 1 aromatic rings. The Kier molecular flexibility index (Phi) is 4.44. The molecule has 11 nitrogen and oxygen atoms in total. The van der Waals surface area contributed by atoms with Crippen LogP contribution in [-0.2, 0) is 13.8 Å². The lowest BCUT2D eigenvalue weighted by molar-refractivity contribution is -0.0228. The first kappa shape index (κ1) is 16.0. The van der Waals surface area contributed by atoms with Gasteiger partial charge in [-0.3, -0.25) is 14.3 Å². The van der Waals surface area contributed by atoms with Crippen LogP contribution < -0.4 is 11.2 Å². The van der Waals surface area contributed by atoms with Crippen LogP contribution >= 0.6 is 7.82 Å². The molecule has 0 radical (unpaired) electrons. The normalized spacial score (nSPS) is 29.7. The van der Waals surface area contributed by atoms with Gasteiger partial charge in [0.1, 0.15) is 24.4 Å². The Balaban J connectivity index is 2.18. The highest BCUT2D eigenvalue weighted by Crippen LogP contribution is 2.38. The Labute approximate surface area is 116 Å². The van der Waals surface area contributed by atoms with E-state index < -0.39 is 50.1 Å². The molecule has 0 aromatic carbocycles. The highest BCUT2D eigenvalue weighted by Gasteiger charge is 2.45. The number of aromatic nitrogens is 2. The summed E-state index contributed by atoms with van der Waals surface area (Å²) in [5.41, 5.74) is -1.70. The zero-order valence-corrected chi connectivity index (χ0v) is 11.3. The fourth-order valence-corrected chi connectivity index (χ4v) is 2.29. The molecule has 2 heterocycles. The van der Waals surface area contributed by atoms with E-state index in [1.807, 2.05) is 4.98 Å². The largest absolute Gasteiger partial charge is 0.469 e. The van der Waals surface area contributed by atoms with Gasteiger partial charge in [0.2, 0.25) is 0 Å². The number of aromatic amines is 2. The number of hydrogen-bond acceptors (Lipinski definition) is 7. The standard InChI is InChI=1S/C9H13N2O9P/c12-5-4(2-19-21(16,17)18)20-7(6(5)13)3-1-10-9(15)11-8(3)14/h1,4-7,12-13H,2H2,(H2,16,17,18)(H2,10,11,14,15)/t4-,5+,6?,7+/m1/s1. The lowest BCUT2D eigenvalue weighted by Gasteiger charge is -2.14. The van der Waals surface area contributed by atoms with Gasteiger partial charge in [0.05, 0.1) is 12.2 Å². The van der Waals surface area contributed by atoms with Gasteiger partial charge in [-0.15, -0.1) is 0 Å². The summed E-state index contributed by atoms with van der Waals surface area (Å²) in [6.07, 6.45) is -4.54. The van der Waals surface area contributed by atoms with E-state index in [0.717, 1.165) is 6.20 Å². The van der Waals surface area contributed by atoms with Crippen LogP contribution in [0.2, 0.25) is 0 Å². The van der Waals surface area contributed by atoms with E-state index in [0.29, 0.717) is 0 Å². The van der Waals surface area contributed by atoms with Gasteiger partial charge >= 0.3 is 13.5 Å². The zero-order valence-electron chi connectivity index (χ0n) is 10.4. The van der Waals surface area contributed by atoms with Crippen molar-refractivity contribution in [2.24, 2.45) is 0 Å². The van der Waals surface area contributed by atoms with E-state index in [9.17, 15) is 24.4 Å². The molecule has 4 atom stereocenters. The second-order valence-corrected chi connectivity index (χ2v) is 5.63. The molecule has 2 rings (SSSR count). The Morgan fingerprint density at radius 3 is 2.52 bits per heavy atom. The molecule has 0 saturated carbocycles. The number of rotatable bonds is 4. The van der Waals surface area contributed by atoms with E-state index >= 15 is 0 Å². The number of phosphoric ester groups is 1. The van der Waals surface area contributed by atoms with Gasteiger partial charge in [0, 0.05) is 6.20 Å². The summed E-state index contributed by atoms with van der Waals surface area (Å²) in [4.78, 5) is 43.8. The van der Waals surface area contributed by atoms with Crippen molar-refractivity contribution in [3.8, 4) is 0 Å². The van der Waals surface area contributed by atoms with Crippen molar-refractivity contribution in [2.75, 3.05) is 6.61 Å². The molecule has 0 bridgehead atoms. The van der Waals surface area contributed by atoms with Gasteiger partial charge < -0.3 is 29.7 Å². The van der Waals surface area contributed by atoms with Gasteiger partial charge in [-0.2, -0.15) is 0 Å². The fourth-order valence-electron chi connectivity index (χ4n) is 1.95. The number of nitrogens with one attached hydrogen (secondary N) is 2. The molecule has 1 aliphatic rings. The summed E-state index contributed by atoms with van der Waals surface area (Å²) in [7, 11) is -4.76. The molecule has 1 saturated heterocycles.